The molecule has 0 saturated carbocycles. The molecule has 1 saturated heterocycles. The molecular formula is C16H21N5O. The lowest BCUT2D eigenvalue weighted by atomic mass is 10.00. The summed E-state index contributed by atoms with van der Waals surface area (Å²) in [6.45, 7) is 5.75. The zero-order chi connectivity index (χ0) is 15.5. The van der Waals surface area contributed by atoms with Crippen LogP contribution in [-0.2, 0) is 0 Å². The van der Waals surface area contributed by atoms with E-state index in [1.165, 1.54) is 0 Å². The maximum absolute atomic E-state index is 12.3. The van der Waals surface area contributed by atoms with Crippen LogP contribution in [0.5, 0.6) is 0 Å². The summed E-state index contributed by atoms with van der Waals surface area (Å²) in [4.78, 5) is 18.5. The van der Waals surface area contributed by atoms with E-state index in [0.717, 1.165) is 43.0 Å². The first-order valence-corrected chi connectivity index (χ1v) is 7.67. The number of aromatic nitrogens is 3. The van der Waals surface area contributed by atoms with E-state index in [0.29, 0.717) is 11.7 Å². The molecule has 116 valence electrons. The quantitative estimate of drug-likeness (QED) is 0.895. The third kappa shape index (κ3) is 3.27. The molecule has 22 heavy (non-hydrogen) atoms. The van der Waals surface area contributed by atoms with Crippen molar-refractivity contribution in [3.8, 4) is 11.4 Å². The topological polar surface area (TPSA) is 73.9 Å². The molecule has 0 atom stereocenters. The van der Waals surface area contributed by atoms with Crippen LogP contribution in [0, 0.1) is 12.8 Å². The number of carbonyl (C=O) groups is 1. The third-order valence-corrected chi connectivity index (χ3v) is 4.04. The zero-order valence-electron chi connectivity index (χ0n) is 13.0. The van der Waals surface area contributed by atoms with Crippen LogP contribution in [0.1, 0.15) is 25.6 Å². The second-order valence-electron chi connectivity index (χ2n) is 5.92. The number of aromatic amines is 1. The Balaban J connectivity index is 1.69. The fraction of sp³-hybridized carbons (Fsp3) is 0.438. The molecule has 3 rings (SSSR count). The Morgan fingerprint density at radius 3 is 2.82 bits per heavy atom. The summed E-state index contributed by atoms with van der Waals surface area (Å²) in [5.41, 5.74) is 1.65. The highest BCUT2D eigenvalue weighted by Gasteiger charge is 2.20. The van der Waals surface area contributed by atoms with Gasteiger partial charge in [0.1, 0.15) is 5.82 Å². The number of nitrogens with one attached hydrogen (secondary N) is 2. The minimum Gasteiger partial charge on any atom is -0.325 e. The van der Waals surface area contributed by atoms with Gasteiger partial charge in [-0.1, -0.05) is 19.1 Å². The second kappa shape index (κ2) is 6.17. The first kappa shape index (κ1) is 14.6. The number of likely N-dealkylation sites (tertiary alicyclic amines) is 1. The summed E-state index contributed by atoms with van der Waals surface area (Å²) in [7, 11) is 0. The van der Waals surface area contributed by atoms with Gasteiger partial charge in [-0.05, 0) is 37.8 Å². The molecule has 1 aliphatic rings. The molecule has 2 N–H and O–H groups in total. The number of urea groups is 1. The molecule has 2 aromatic rings. The van der Waals surface area contributed by atoms with Crippen LogP contribution < -0.4 is 5.32 Å². The van der Waals surface area contributed by atoms with Gasteiger partial charge in [-0.3, -0.25) is 5.10 Å². The number of nitrogens with zero attached hydrogens (tertiary/aromatic N) is 3. The van der Waals surface area contributed by atoms with Gasteiger partial charge in [-0.15, -0.1) is 0 Å². The number of anilines is 1. The number of hydrogen-bond donors (Lipinski definition) is 2. The Hall–Kier alpha value is -2.37. The monoisotopic (exact) mass is 299 g/mol. The van der Waals surface area contributed by atoms with E-state index < -0.39 is 0 Å². The minimum absolute atomic E-state index is 0.0322. The van der Waals surface area contributed by atoms with Crippen LogP contribution >= 0.6 is 0 Å². The van der Waals surface area contributed by atoms with E-state index in [1.54, 1.807) is 0 Å². The van der Waals surface area contributed by atoms with Crippen LogP contribution in [0.3, 0.4) is 0 Å². The maximum Gasteiger partial charge on any atom is 0.321 e. The molecule has 0 aliphatic carbocycles. The van der Waals surface area contributed by atoms with Gasteiger partial charge < -0.3 is 10.2 Å². The van der Waals surface area contributed by atoms with Crippen molar-refractivity contribution in [2.45, 2.75) is 26.7 Å². The van der Waals surface area contributed by atoms with Gasteiger partial charge in [0, 0.05) is 24.3 Å². The van der Waals surface area contributed by atoms with E-state index in [4.69, 9.17) is 0 Å². The average molecular weight is 299 g/mol. The Kier molecular flexibility index (Phi) is 4.09. The minimum atomic E-state index is -0.0322. The number of rotatable bonds is 2. The summed E-state index contributed by atoms with van der Waals surface area (Å²) in [5, 5.41) is 9.94. The fourth-order valence-corrected chi connectivity index (χ4v) is 2.62. The molecule has 0 radical (unpaired) electrons. The van der Waals surface area contributed by atoms with Gasteiger partial charge in [0.05, 0.1) is 0 Å². The summed E-state index contributed by atoms with van der Waals surface area (Å²) < 4.78 is 0. The Labute approximate surface area is 129 Å². The number of H-pyrrole nitrogens is 1. The number of benzene rings is 1. The summed E-state index contributed by atoms with van der Waals surface area (Å²) >= 11 is 0. The molecule has 6 heteroatoms. The highest BCUT2D eigenvalue weighted by molar-refractivity contribution is 5.90. The van der Waals surface area contributed by atoms with Crippen LogP contribution in [0.25, 0.3) is 11.4 Å². The summed E-state index contributed by atoms with van der Waals surface area (Å²) in [6, 6.07) is 7.58. The SMILES string of the molecule is Cc1nc(-c2cccc(NC(=O)N3CCC(C)CC3)c2)n[nH]1. The molecule has 1 aliphatic heterocycles. The van der Waals surface area contributed by atoms with Crippen molar-refractivity contribution < 1.29 is 4.79 Å². The Morgan fingerprint density at radius 2 is 2.14 bits per heavy atom. The highest BCUT2D eigenvalue weighted by atomic mass is 16.2. The van der Waals surface area contributed by atoms with Gasteiger partial charge in [-0.25, -0.2) is 9.78 Å². The van der Waals surface area contributed by atoms with Crippen molar-refractivity contribution in [1.29, 1.82) is 0 Å². The van der Waals surface area contributed by atoms with E-state index >= 15 is 0 Å². The molecule has 1 fully saturated rings. The standard InChI is InChI=1S/C16H21N5O/c1-11-6-8-21(9-7-11)16(22)18-14-5-3-4-13(10-14)15-17-12(2)19-20-15/h3-5,10-11H,6-9H2,1-2H3,(H,18,22)(H,17,19,20). The second-order valence-corrected chi connectivity index (χ2v) is 5.92. The van der Waals surface area contributed by atoms with E-state index in [9.17, 15) is 4.79 Å². The van der Waals surface area contributed by atoms with Gasteiger partial charge in [0.15, 0.2) is 5.82 Å². The zero-order valence-corrected chi connectivity index (χ0v) is 13.0. The van der Waals surface area contributed by atoms with Crippen molar-refractivity contribution in [2.24, 2.45) is 5.92 Å². The van der Waals surface area contributed by atoms with Crippen molar-refractivity contribution in [3.05, 3.63) is 30.1 Å². The maximum atomic E-state index is 12.3. The molecule has 0 unspecified atom stereocenters. The summed E-state index contributed by atoms with van der Waals surface area (Å²) in [5.74, 6) is 2.12. The van der Waals surface area contributed by atoms with E-state index in [1.807, 2.05) is 36.1 Å². The van der Waals surface area contributed by atoms with Crippen LogP contribution in [-0.4, -0.2) is 39.2 Å². The number of amides is 2. The van der Waals surface area contributed by atoms with Gasteiger partial charge in [-0.2, -0.15) is 5.10 Å². The Morgan fingerprint density at radius 1 is 1.36 bits per heavy atom. The van der Waals surface area contributed by atoms with Crippen LogP contribution in [0.4, 0.5) is 10.5 Å². The number of aryl methyl sites for hydroxylation is 1. The van der Waals surface area contributed by atoms with Gasteiger partial charge in [0.2, 0.25) is 0 Å². The van der Waals surface area contributed by atoms with Crippen LogP contribution in [0.15, 0.2) is 24.3 Å². The van der Waals surface area contributed by atoms with E-state index in [-0.39, 0.29) is 6.03 Å². The molecule has 2 amide bonds. The first-order valence-electron chi connectivity index (χ1n) is 7.67. The molecule has 2 heterocycles. The largest absolute Gasteiger partial charge is 0.325 e. The van der Waals surface area contributed by atoms with Crippen molar-refractivity contribution >= 4 is 11.7 Å². The smallest absolute Gasteiger partial charge is 0.321 e. The van der Waals surface area contributed by atoms with Crippen LogP contribution in [0.2, 0.25) is 0 Å². The lowest BCUT2D eigenvalue weighted by Crippen LogP contribution is -2.40. The van der Waals surface area contributed by atoms with Crippen molar-refractivity contribution in [3.63, 3.8) is 0 Å². The fourth-order valence-electron chi connectivity index (χ4n) is 2.62. The third-order valence-electron chi connectivity index (χ3n) is 4.04. The molecule has 1 aromatic carbocycles. The molecule has 6 nitrogen and oxygen atoms in total. The predicted molar refractivity (Wildman–Crippen MR) is 85.5 cm³/mol. The molecule has 1 aromatic heterocycles. The lowest BCUT2D eigenvalue weighted by Gasteiger charge is -2.30. The summed E-state index contributed by atoms with van der Waals surface area (Å²) in [6.07, 6.45) is 2.15. The van der Waals surface area contributed by atoms with Gasteiger partial charge in [0.25, 0.3) is 0 Å². The molecule has 0 bridgehead atoms. The lowest BCUT2D eigenvalue weighted by molar-refractivity contribution is 0.186. The number of piperidine rings is 1. The molecular weight excluding hydrogens is 278 g/mol. The number of hydrogen-bond acceptors (Lipinski definition) is 3. The predicted octanol–water partition coefficient (Wildman–Crippen LogP) is 3.04. The first-order chi connectivity index (χ1) is 10.6. The Bertz CT molecular complexity index is 658. The van der Waals surface area contributed by atoms with E-state index in [2.05, 4.69) is 27.4 Å². The van der Waals surface area contributed by atoms with Crippen molar-refractivity contribution in [1.82, 2.24) is 20.1 Å². The van der Waals surface area contributed by atoms with Crippen molar-refractivity contribution in [2.75, 3.05) is 18.4 Å². The molecule has 0 spiro atoms. The number of carbonyl (C=O) groups excluding carboxylic acids is 1. The van der Waals surface area contributed by atoms with Gasteiger partial charge >= 0.3 is 6.03 Å². The average Bonchev–Trinajstić information content (AvgIpc) is 2.95. The normalized spacial score (nSPS) is 15.8. The highest BCUT2D eigenvalue weighted by Crippen LogP contribution is 2.21.